The summed E-state index contributed by atoms with van der Waals surface area (Å²) in [5, 5.41) is 4.17. The Hall–Kier alpha value is -2.92. The third kappa shape index (κ3) is 2.39. The van der Waals surface area contributed by atoms with E-state index in [1.807, 2.05) is 37.3 Å². The molecule has 0 aliphatic rings. The second kappa shape index (κ2) is 5.62. The Morgan fingerprint density at radius 2 is 2.08 bits per heavy atom. The van der Waals surface area contributed by atoms with Crippen LogP contribution in [0.3, 0.4) is 0 Å². The lowest BCUT2D eigenvalue weighted by Gasteiger charge is -1.99. The molecule has 0 amide bonds. The van der Waals surface area contributed by atoms with Gasteiger partial charge in [0.1, 0.15) is 0 Å². The summed E-state index contributed by atoms with van der Waals surface area (Å²) in [7, 11) is 0. The molecule has 5 nitrogen and oxygen atoms in total. The van der Waals surface area contributed by atoms with Crippen LogP contribution in [0.2, 0.25) is 5.02 Å². The summed E-state index contributed by atoms with van der Waals surface area (Å²) in [6.07, 6.45) is 3.38. The molecule has 0 saturated carbocycles. The number of aromatic nitrogens is 3. The Labute approximate surface area is 142 Å². The first kappa shape index (κ1) is 14.7. The van der Waals surface area contributed by atoms with Crippen LogP contribution < -0.4 is 5.56 Å². The van der Waals surface area contributed by atoms with Crippen LogP contribution in [0.25, 0.3) is 16.6 Å². The Balaban J connectivity index is 1.84. The van der Waals surface area contributed by atoms with Gasteiger partial charge in [0, 0.05) is 17.4 Å². The largest absolute Gasteiger partial charge is 0.296 e. The van der Waals surface area contributed by atoms with Gasteiger partial charge in [0.15, 0.2) is 5.65 Å². The molecular weight excluding hydrogens is 324 g/mol. The van der Waals surface area contributed by atoms with E-state index in [4.69, 9.17) is 11.6 Å². The predicted molar refractivity (Wildman–Crippen MR) is 96.8 cm³/mol. The van der Waals surface area contributed by atoms with E-state index in [1.165, 1.54) is 4.52 Å². The second-order valence-corrected chi connectivity index (χ2v) is 5.92. The molecule has 6 heteroatoms. The molecule has 2 heterocycles. The van der Waals surface area contributed by atoms with Crippen LogP contribution in [-0.2, 0) is 0 Å². The minimum Gasteiger partial charge on any atom is -0.296 e. The maximum atomic E-state index is 12.5. The van der Waals surface area contributed by atoms with E-state index in [2.05, 4.69) is 15.1 Å². The van der Waals surface area contributed by atoms with Crippen molar-refractivity contribution in [1.29, 1.82) is 0 Å². The number of hydrogen-bond donors (Lipinski definition) is 1. The molecule has 4 rings (SSSR count). The monoisotopic (exact) mass is 336 g/mol. The summed E-state index contributed by atoms with van der Waals surface area (Å²) < 4.78 is 1.42. The maximum Gasteiger partial charge on any atom is 0.280 e. The highest BCUT2D eigenvalue weighted by Crippen LogP contribution is 2.22. The zero-order valence-electron chi connectivity index (χ0n) is 12.8. The second-order valence-electron chi connectivity index (χ2n) is 5.51. The van der Waals surface area contributed by atoms with Crippen LogP contribution in [0.15, 0.2) is 58.4 Å². The summed E-state index contributed by atoms with van der Waals surface area (Å²) >= 11 is 6.12. The molecule has 2 aromatic carbocycles. The summed E-state index contributed by atoms with van der Waals surface area (Å²) in [5.41, 5.74) is 3.55. The molecule has 0 bridgehead atoms. The Bertz CT molecular complexity index is 1160. The molecule has 1 N–H and O–H groups in total. The Kier molecular flexibility index (Phi) is 3.43. The third-order valence-corrected chi connectivity index (χ3v) is 4.30. The number of aryl methyl sites for hydroxylation is 1. The highest BCUT2D eigenvalue weighted by molar-refractivity contribution is 6.31. The molecular formula is C18H13ClN4O. The van der Waals surface area contributed by atoms with Crippen molar-refractivity contribution in [3.63, 3.8) is 0 Å². The zero-order chi connectivity index (χ0) is 16.7. The number of halogens is 1. The van der Waals surface area contributed by atoms with E-state index in [0.717, 1.165) is 16.8 Å². The maximum absolute atomic E-state index is 12.5. The number of aliphatic imine (C=N–C) groups is 1. The molecule has 0 aliphatic carbocycles. The number of H-pyrrole nitrogens is 1. The average molecular weight is 337 g/mol. The normalized spacial score (nSPS) is 11.8. The fraction of sp³-hybridized carbons (Fsp3) is 0.0556. The zero-order valence-corrected chi connectivity index (χ0v) is 13.6. The highest BCUT2D eigenvalue weighted by atomic mass is 35.5. The fourth-order valence-electron chi connectivity index (χ4n) is 2.55. The number of hydrogen-bond acceptors (Lipinski definition) is 3. The topological polar surface area (TPSA) is 62.5 Å². The third-order valence-electron chi connectivity index (χ3n) is 3.89. The van der Waals surface area contributed by atoms with E-state index in [9.17, 15) is 4.79 Å². The molecule has 0 spiro atoms. The van der Waals surface area contributed by atoms with E-state index < -0.39 is 0 Å². The van der Waals surface area contributed by atoms with Crippen molar-refractivity contribution in [1.82, 2.24) is 14.6 Å². The molecule has 118 valence electrons. The van der Waals surface area contributed by atoms with Crippen LogP contribution in [-0.4, -0.2) is 20.8 Å². The molecule has 4 aromatic rings. The van der Waals surface area contributed by atoms with Gasteiger partial charge in [-0.2, -0.15) is 0 Å². The van der Waals surface area contributed by atoms with Gasteiger partial charge >= 0.3 is 0 Å². The number of nitrogens with one attached hydrogen (secondary N) is 1. The Morgan fingerprint density at radius 1 is 1.25 bits per heavy atom. The van der Waals surface area contributed by atoms with Crippen molar-refractivity contribution in [3.05, 3.63) is 75.2 Å². The van der Waals surface area contributed by atoms with Gasteiger partial charge in [0.2, 0.25) is 0 Å². The first-order valence-corrected chi connectivity index (χ1v) is 7.80. The van der Waals surface area contributed by atoms with Crippen LogP contribution in [0, 0.1) is 6.92 Å². The van der Waals surface area contributed by atoms with E-state index in [0.29, 0.717) is 21.6 Å². The quantitative estimate of drug-likeness (QED) is 0.564. The summed E-state index contributed by atoms with van der Waals surface area (Å²) in [5.74, 6) is 0. The minimum atomic E-state index is -0.131. The van der Waals surface area contributed by atoms with E-state index in [1.54, 1.807) is 24.5 Å². The molecule has 0 saturated heterocycles. The molecule has 0 fully saturated rings. The summed E-state index contributed by atoms with van der Waals surface area (Å²) in [6, 6.07) is 12.9. The number of nitrogens with zero attached hydrogens (tertiary/aromatic N) is 3. The lowest BCUT2D eigenvalue weighted by molar-refractivity contribution is 0.915. The van der Waals surface area contributed by atoms with Crippen molar-refractivity contribution in [3.8, 4) is 0 Å². The van der Waals surface area contributed by atoms with Crippen LogP contribution in [0.4, 0.5) is 5.69 Å². The van der Waals surface area contributed by atoms with Crippen molar-refractivity contribution < 1.29 is 0 Å². The highest BCUT2D eigenvalue weighted by Gasteiger charge is 2.09. The van der Waals surface area contributed by atoms with Gasteiger partial charge < -0.3 is 0 Å². The number of para-hydroxylation sites is 1. The van der Waals surface area contributed by atoms with Crippen LogP contribution >= 0.6 is 11.6 Å². The van der Waals surface area contributed by atoms with Crippen molar-refractivity contribution >= 4 is 40.1 Å². The van der Waals surface area contributed by atoms with Crippen LogP contribution in [0.5, 0.6) is 0 Å². The van der Waals surface area contributed by atoms with E-state index in [-0.39, 0.29) is 5.56 Å². The standard InChI is InChI=1S/C18H13ClN4O/c1-11-6-7-13(8-15(11)19)20-9-12-10-21-23-17(12)22-16-5-3-2-4-14(16)18(23)24/h2-10,21H,1H3. The number of benzene rings is 2. The lowest BCUT2D eigenvalue weighted by atomic mass is 10.2. The fourth-order valence-corrected chi connectivity index (χ4v) is 2.72. The van der Waals surface area contributed by atoms with Crippen molar-refractivity contribution in [2.24, 2.45) is 4.99 Å². The average Bonchev–Trinajstić information content (AvgIpc) is 2.99. The number of fused-ring (bicyclic) bond motifs is 2. The summed E-state index contributed by atoms with van der Waals surface area (Å²) in [6.45, 7) is 1.94. The molecule has 24 heavy (non-hydrogen) atoms. The van der Waals surface area contributed by atoms with Gasteiger partial charge in [-0.25, -0.2) is 9.50 Å². The molecule has 2 aromatic heterocycles. The lowest BCUT2D eigenvalue weighted by Crippen LogP contribution is -2.15. The predicted octanol–water partition coefficient (Wildman–Crippen LogP) is 3.89. The minimum absolute atomic E-state index is 0.131. The van der Waals surface area contributed by atoms with Crippen LogP contribution in [0.1, 0.15) is 11.1 Å². The molecule has 0 aliphatic heterocycles. The van der Waals surface area contributed by atoms with E-state index >= 15 is 0 Å². The Morgan fingerprint density at radius 3 is 2.92 bits per heavy atom. The van der Waals surface area contributed by atoms with Gasteiger partial charge in [0.05, 0.1) is 22.2 Å². The van der Waals surface area contributed by atoms with Gasteiger partial charge in [-0.05, 0) is 36.8 Å². The molecule has 0 atom stereocenters. The SMILES string of the molecule is Cc1ccc(N=Cc2c[nH]n3c(=O)c4ccccc4nc23)cc1Cl. The first-order valence-electron chi connectivity index (χ1n) is 7.42. The van der Waals surface area contributed by atoms with Gasteiger partial charge in [-0.1, -0.05) is 29.8 Å². The molecule has 0 radical (unpaired) electrons. The van der Waals surface area contributed by atoms with Gasteiger partial charge in [-0.15, -0.1) is 0 Å². The van der Waals surface area contributed by atoms with Crippen molar-refractivity contribution in [2.75, 3.05) is 0 Å². The van der Waals surface area contributed by atoms with Crippen molar-refractivity contribution in [2.45, 2.75) is 6.92 Å². The number of aromatic amines is 1. The van der Waals surface area contributed by atoms with Gasteiger partial charge in [-0.3, -0.25) is 14.9 Å². The number of rotatable bonds is 2. The summed E-state index contributed by atoms with van der Waals surface area (Å²) in [4.78, 5) is 21.5. The first-order chi connectivity index (χ1) is 11.6. The van der Waals surface area contributed by atoms with Gasteiger partial charge in [0.25, 0.3) is 5.56 Å². The smallest absolute Gasteiger partial charge is 0.280 e. The molecule has 0 unspecified atom stereocenters.